The highest BCUT2D eigenvalue weighted by Crippen LogP contribution is 2.23. The summed E-state index contributed by atoms with van der Waals surface area (Å²) in [7, 11) is 0. The number of rotatable bonds is 7. The molecule has 1 rings (SSSR count). The molecular formula is C15H24O2. The van der Waals surface area contributed by atoms with E-state index in [4.69, 9.17) is 9.84 Å². The lowest BCUT2D eigenvalue weighted by molar-refractivity contribution is 0.266. The van der Waals surface area contributed by atoms with E-state index in [2.05, 4.69) is 32.9 Å². The highest BCUT2D eigenvalue weighted by atomic mass is 16.5. The molecule has 0 atom stereocenters. The summed E-state index contributed by atoms with van der Waals surface area (Å²) in [6.45, 7) is 7.56. The molecule has 17 heavy (non-hydrogen) atoms. The van der Waals surface area contributed by atoms with E-state index in [0.29, 0.717) is 5.92 Å². The van der Waals surface area contributed by atoms with Gasteiger partial charge in [-0.1, -0.05) is 19.9 Å². The molecule has 0 aliphatic heterocycles. The van der Waals surface area contributed by atoms with Gasteiger partial charge in [-0.15, -0.1) is 0 Å². The van der Waals surface area contributed by atoms with Gasteiger partial charge in [0.1, 0.15) is 5.75 Å². The van der Waals surface area contributed by atoms with Crippen molar-refractivity contribution in [2.24, 2.45) is 0 Å². The van der Waals surface area contributed by atoms with Crippen LogP contribution in [0, 0.1) is 6.92 Å². The first-order valence-electron chi connectivity index (χ1n) is 6.49. The predicted octanol–water partition coefficient (Wildman–Crippen LogP) is 3.66. The van der Waals surface area contributed by atoms with E-state index < -0.39 is 0 Å². The van der Waals surface area contributed by atoms with E-state index >= 15 is 0 Å². The van der Waals surface area contributed by atoms with Crippen molar-refractivity contribution in [2.45, 2.75) is 46.0 Å². The summed E-state index contributed by atoms with van der Waals surface area (Å²) >= 11 is 0. The van der Waals surface area contributed by atoms with Crippen molar-refractivity contribution in [3.63, 3.8) is 0 Å². The van der Waals surface area contributed by atoms with Crippen LogP contribution in [0.5, 0.6) is 5.75 Å². The quantitative estimate of drug-likeness (QED) is 0.732. The Hall–Kier alpha value is -1.02. The molecular weight excluding hydrogens is 212 g/mol. The topological polar surface area (TPSA) is 29.5 Å². The Labute approximate surface area is 105 Å². The molecule has 0 aliphatic rings. The van der Waals surface area contributed by atoms with Crippen LogP contribution in [0.1, 0.15) is 50.2 Å². The van der Waals surface area contributed by atoms with Gasteiger partial charge in [0.05, 0.1) is 6.61 Å². The molecule has 0 bridgehead atoms. The van der Waals surface area contributed by atoms with Crippen molar-refractivity contribution in [1.29, 1.82) is 0 Å². The summed E-state index contributed by atoms with van der Waals surface area (Å²) in [5.41, 5.74) is 2.69. The van der Waals surface area contributed by atoms with Gasteiger partial charge < -0.3 is 9.84 Å². The smallest absolute Gasteiger partial charge is 0.119 e. The van der Waals surface area contributed by atoms with Crippen molar-refractivity contribution < 1.29 is 9.84 Å². The standard InChI is InChI=1S/C15H24O2/c1-12(2)15-8-7-14(11-13(15)3)17-10-6-4-5-9-16/h7-8,11-12,16H,4-6,9-10H2,1-3H3. The van der Waals surface area contributed by atoms with E-state index in [1.54, 1.807) is 0 Å². The first kappa shape index (κ1) is 14.0. The molecule has 0 saturated heterocycles. The van der Waals surface area contributed by atoms with E-state index in [-0.39, 0.29) is 6.61 Å². The predicted molar refractivity (Wildman–Crippen MR) is 71.7 cm³/mol. The summed E-state index contributed by atoms with van der Waals surface area (Å²) in [4.78, 5) is 0. The van der Waals surface area contributed by atoms with Gasteiger partial charge in [-0.2, -0.15) is 0 Å². The second-order valence-corrected chi connectivity index (χ2v) is 4.81. The van der Waals surface area contributed by atoms with E-state index in [1.807, 2.05) is 6.07 Å². The van der Waals surface area contributed by atoms with Gasteiger partial charge in [0.25, 0.3) is 0 Å². The third kappa shape index (κ3) is 4.78. The largest absolute Gasteiger partial charge is 0.494 e. The molecule has 0 aliphatic carbocycles. The lowest BCUT2D eigenvalue weighted by Crippen LogP contribution is -1.99. The molecule has 0 fully saturated rings. The monoisotopic (exact) mass is 236 g/mol. The maximum Gasteiger partial charge on any atom is 0.119 e. The molecule has 0 heterocycles. The fourth-order valence-electron chi connectivity index (χ4n) is 1.97. The Morgan fingerprint density at radius 2 is 1.94 bits per heavy atom. The molecule has 0 unspecified atom stereocenters. The van der Waals surface area contributed by atoms with E-state index in [0.717, 1.165) is 31.6 Å². The van der Waals surface area contributed by atoms with Crippen LogP contribution in [0.4, 0.5) is 0 Å². The zero-order chi connectivity index (χ0) is 12.7. The normalized spacial score (nSPS) is 10.9. The second-order valence-electron chi connectivity index (χ2n) is 4.81. The van der Waals surface area contributed by atoms with Crippen LogP contribution in [-0.2, 0) is 0 Å². The Bertz CT molecular complexity index is 332. The minimum atomic E-state index is 0.280. The molecule has 1 aromatic rings. The van der Waals surface area contributed by atoms with E-state index in [1.165, 1.54) is 11.1 Å². The van der Waals surface area contributed by atoms with E-state index in [9.17, 15) is 0 Å². The number of unbranched alkanes of at least 4 members (excludes halogenated alkanes) is 2. The average Bonchev–Trinajstić information content (AvgIpc) is 2.28. The summed E-state index contributed by atoms with van der Waals surface area (Å²) in [6.07, 6.45) is 2.90. The Kier molecular flexibility index (Phi) is 6.06. The van der Waals surface area contributed by atoms with Crippen molar-refractivity contribution >= 4 is 0 Å². The fourth-order valence-corrected chi connectivity index (χ4v) is 1.97. The van der Waals surface area contributed by atoms with Crippen molar-refractivity contribution in [3.8, 4) is 5.75 Å². The molecule has 0 spiro atoms. The first-order chi connectivity index (χ1) is 8.15. The van der Waals surface area contributed by atoms with Gasteiger partial charge in [0, 0.05) is 6.61 Å². The number of aliphatic hydroxyl groups excluding tert-OH is 1. The van der Waals surface area contributed by atoms with Gasteiger partial charge in [-0.05, 0) is 55.4 Å². The maximum absolute atomic E-state index is 8.66. The van der Waals surface area contributed by atoms with Gasteiger partial charge in [0.15, 0.2) is 0 Å². The first-order valence-corrected chi connectivity index (χ1v) is 6.49. The van der Waals surface area contributed by atoms with Crippen LogP contribution in [0.15, 0.2) is 18.2 Å². The van der Waals surface area contributed by atoms with Gasteiger partial charge in [0.2, 0.25) is 0 Å². The van der Waals surface area contributed by atoms with Crippen LogP contribution < -0.4 is 4.74 Å². The van der Waals surface area contributed by atoms with Gasteiger partial charge in [-0.3, -0.25) is 0 Å². The van der Waals surface area contributed by atoms with Crippen LogP contribution in [0.25, 0.3) is 0 Å². The Morgan fingerprint density at radius 3 is 2.53 bits per heavy atom. The highest BCUT2D eigenvalue weighted by molar-refractivity contribution is 5.36. The number of hydrogen-bond acceptors (Lipinski definition) is 2. The average molecular weight is 236 g/mol. The van der Waals surface area contributed by atoms with Crippen LogP contribution in [0.3, 0.4) is 0 Å². The number of aryl methyl sites for hydroxylation is 1. The Morgan fingerprint density at radius 1 is 1.18 bits per heavy atom. The third-order valence-electron chi connectivity index (χ3n) is 2.93. The summed E-state index contributed by atoms with van der Waals surface area (Å²) in [6, 6.07) is 6.32. The molecule has 1 N–H and O–H groups in total. The summed E-state index contributed by atoms with van der Waals surface area (Å²) in [5, 5.41) is 8.66. The summed E-state index contributed by atoms with van der Waals surface area (Å²) < 4.78 is 5.69. The third-order valence-corrected chi connectivity index (χ3v) is 2.93. The van der Waals surface area contributed by atoms with Crippen molar-refractivity contribution in [2.75, 3.05) is 13.2 Å². The molecule has 0 saturated carbocycles. The van der Waals surface area contributed by atoms with Crippen molar-refractivity contribution in [3.05, 3.63) is 29.3 Å². The summed E-state index contributed by atoms with van der Waals surface area (Å²) in [5.74, 6) is 1.52. The molecule has 0 aromatic heterocycles. The van der Waals surface area contributed by atoms with Gasteiger partial charge in [-0.25, -0.2) is 0 Å². The minimum Gasteiger partial charge on any atom is -0.494 e. The lowest BCUT2D eigenvalue weighted by atomic mass is 9.98. The Balaban J connectivity index is 2.42. The van der Waals surface area contributed by atoms with Crippen LogP contribution in [0.2, 0.25) is 0 Å². The molecule has 96 valence electrons. The molecule has 0 amide bonds. The fraction of sp³-hybridized carbons (Fsp3) is 0.600. The SMILES string of the molecule is Cc1cc(OCCCCCO)ccc1C(C)C. The minimum absolute atomic E-state index is 0.280. The highest BCUT2D eigenvalue weighted by Gasteiger charge is 2.04. The number of ether oxygens (including phenoxy) is 1. The molecule has 0 radical (unpaired) electrons. The van der Waals surface area contributed by atoms with Gasteiger partial charge >= 0.3 is 0 Å². The number of hydrogen-bond donors (Lipinski definition) is 1. The van der Waals surface area contributed by atoms with Crippen LogP contribution in [-0.4, -0.2) is 18.3 Å². The lowest BCUT2D eigenvalue weighted by Gasteiger charge is -2.12. The number of benzene rings is 1. The van der Waals surface area contributed by atoms with Crippen LogP contribution >= 0.6 is 0 Å². The molecule has 1 aromatic carbocycles. The second kappa shape index (κ2) is 7.33. The number of aliphatic hydroxyl groups is 1. The zero-order valence-electron chi connectivity index (χ0n) is 11.2. The maximum atomic E-state index is 8.66. The molecule has 2 heteroatoms. The molecule has 2 nitrogen and oxygen atoms in total. The van der Waals surface area contributed by atoms with Crippen molar-refractivity contribution in [1.82, 2.24) is 0 Å². The zero-order valence-corrected chi connectivity index (χ0v) is 11.2.